The molecule has 2 atom stereocenters. The van der Waals surface area contributed by atoms with E-state index < -0.39 is 0 Å². The van der Waals surface area contributed by atoms with E-state index in [0.29, 0.717) is 11.7 Å². The number of rotatable bonds is 5. The van der Waals surface area contributed by atoms with Crippen molar-refractivity contribution in [1.82, 2.24) is 0 Å². The van der Waals surface area contributed by atoms with E-state index >= 15 is 0 Å². The number of carbonyl (C=O) groups excluding carboxylic acids is 1. The summed E-state index contributed by atoms with van der Waals surface area (Å²) in [6, 6.07) is 0. The molecular weight excluding hydrogens is 234 g/mol. The lowest BCUT2D eigenvalue weighted by molar-refractivity contribution is -0.140. The van der Waals surface area contributed by atoms with E-state index in [-0.39, 0.29) is 16.9 Å². The molecule has 0 bridgehead atoms. The maximum absolute atomic E-state index is 11.0. The van der Waals surface area contributed by atoms with Gasteiger partial charge in [0.1, 0.15) is 0 Å². The van der Waals surface area contributed by atoms with Gasteiger partial charge in [-0.05, 0) is 25.2 Å². The Morgan fingerprint density at radius 2 is 2.06 bits per heavy atom. The van der Waals surface area contributed by atoms with Crippen LogP contribution in [-0.2, 0) is 9.53 Å². The number of ether oxygens (including phenoxy) is 1. The van der Waals surface area contributed by atoms with Crippen molar-refractivity contribution in [2.45, 2.75) is 57.2 Å². The van der Waals surface area contributed by atoms with Crippen LogP contribution in [0.4, 0.5) is 0 Å². The topological polar surface area (TPSA) is 52.3 Å². The molecule has 0 aliphatic carbocycles. The smallest absolute Gasteiger partial charge is 0.305 e. The summed E-state index contributed by atoms with van der Waals surface area (Å²) in [5.74, 6) is 1.02. The molecule has 3 nitrogen and oxygen atoms in total. The highest BCUT2D eigenvalue weighted by molar-refractivity contribution is 8.00. The van der Waals surface area contributed by atoms with Crippen molar-refractivity contribution in [2.75, 3.05) is 12.9 Å². The Bertz CT molecular complexity index is 277. The Balaban J connectivity index is 2.32. The SMILES string of the molecule is COC(=O)CCCCC1SCC(C)(C)[C@@]1(C)N. The fourth-order valence-electron chi connectivity index (χ4n) is 2.16. The Morgan fingerprint density at radius 3 is 2.53 bits per heavy atom. The van der Waals surface area contributed by atoms with Crippen LogP contribution >= 0.6 is 11.8 Å². The van der Waals surface area contributed by atoms with E-state index in [1.54, 1.807) is 0 Å². The highest BCUT2D eigenvalue weighted by Gasteiger charge is 2.49. The Labute approximate surface area is 109 Å². The molecule has 100 valence electrons. The highest BCUT2D eigenvalue weighted by Crippen LogP contribution is 2.48. The van der Waals surface area contributed by atoms with Crippen LogP contribution in [0.5, 0.6) is 0 Å². The fraction of sp³-hybridized carbons (Fsp3) is 0.923. The normalized spacial score (nSPS) is 31.5. The zero-order chi connectivity index (χ0) is 13.1. The van der Waals surface area contributed by atoms with Gasteiger partial charge in [0, 0.05) is 23.0 Å². The summed E-state index contributed by atoms with van der Waals surface area (Å²) in [5.41, 5.74) is 6.55. The van der Waals surface area contributed by atoms with Crippen LogP contribution in [-0.4, -0.2) is 29.6 Å². The maximum atomic E-state index is 11.0. The van der Waals surface area contributed by atoms with Crippen molar-refractivity contribution in [3.05, 3.63) is 0 Å². The third-order valence-corrected chi connectivity index (χ3v) is 6.11. The standard InChI is InChI=1S/C13H25NO2S/c1-12(2)9-17-10(13(12,3)14)7-5-6-8-11(15)16-4/h10H,5-9,14H2,1-4H3/t10?,13-/m0/s1. The molecule has 0 amide bonds. The van der Waals surface area contributed by atoms with E-state index in [1.165, 1.54) is 7.11 Å². The van der Waals surface area contributed by atoms with Crippen LogP contribution in [0.3, 0.4) is 0 Å². The molecule has 1 aliphatic heterocycles. The number of hydrogen-bond acceptors (Lipinski definition) is 4. The molecule has 1 unspecified atom stereocenters. The summed E-state index contributed by atoms with van der Waals surface area (Å²) in [6.45, 7) is 6.65. The number of esters is 1. The molecule has 17 heavy (non-hydrogen) atoms. The van der Waals surface area contributed by atoms with Crippen LogP contribution < -0.4 is 5.73 Å². The average molecular weight is 259 g/mol. The quantitative estimate of drug-likeness (QED) is 0.609. The van der Waals surface area contributed by atoms with E-state index in [1.807, 2.05) is 11.8 Å². The first-order chi connectivity index (χ1) is 7.81. The van der Waals surface area contributed by atoms with Crippen LogP contribution in [0.15, 0.2) is 0 Å². The van der Waals surface area contributed by atoms with Crippen molar-refractivity contribution in [3.63, 3.8) is 0 Å². The summed E-state index contributed by atoms with van der Waals surface area (Å²) in [6.07, 6.45) is 3.58. The molecule has 0 aromatic rings. The van der Waals surface area contributed by atoms with E-state index in [4.69, 9.17) is 5.73 Å². The highest BCUT2D eigenvalue weighted by atomic mass is 32.2. The average Bonchev–Trinajstić information content (AvgIpc) is 2.45. The van der Waals surface area contributed by atoms with Crippen LogP contribution in [0.1, 0.15) is 46.5 Å². The van der Waals surface area contributed by atoms with E-state index in [2.05, 4.69) is 25.5 Å². The maximum Gasteiger partial charge on any atom is 0.305 e. The minimum Gasteiger partial charge on any atom is -0.469 e. The third kappa shape index (κ3) is 3.38. The van der Waals surface area contributed by atoms with Crippen LogP contribution in [0.25, 0.3) is 0 Å². The summed E-state index contributed by atoms with van der Waals surface area (Å²) >= 11 is 1.98. The first kappa shape index (κ1) is 14.8. The molecule has 4 heteroatoms. The molecule has 0 aromatic heterocycles. The van der Waals surface area contributed by atoms with Gasteiger partial charge in [0.2, 0.25) is 0 Å². The van der Waals surface area contributed by atoms with Gasteiger partial charge in [-0.1, -0.05) is 20.3 Å². The number of methoxy groups -OCH3 is 1. The lowest BCUT2D eigenvalue weighted by atomic mass is 9.73. The Hall–Kier alpha value is -0.220. The fourth-order valence-corrected chi connectivity index (χ4v) is 4.09. The van der Waals surface area contributed by atoms with Gasteiger partial charge in [-0.2, -0.15) is 11.8 Å². The predicted molar refractivity (Wildman–Crippen MR) is 73.1 cm³/mol. The largest absolute Gasteiger partial charge is 0.469 e. The van der Waals surface area contributed by atoms with Gasteiger partial charge >= 0.3 is 5.97 Å². The number of nitrogens with two attached hydrogens (primary N) is 1. The van der Waals surface area contributed by atoms with Crippen molar-refractivity contribution < 1.29 is 9.53 Å². The molecule has 1 saturated heterocycles. The lowest BCUT2D eigenvalue weighted by Gasteiger charge is -2.37. The Kier molecular flexibility index (Phi) is 4.90. The zero-order valence-corrected chi connectivity index (χ0v) is 12.2. The van der Waals surface area contributed by atoms with Crippen LogP contribution in [0.2, 0.25) is 0 Å². The van der Waals surface area contributed by atoms with Crippen molar-refractivity contribution in [1.29, 1.82) is 0 Å². The molecule has 0 aromatic carbocycles. The van der Waals surface area contributed by atoms with Gasteiger partial charge in [0.25, 0.3) is 0 Å². The summed E-state index contributed by atoms with van der Waals surface area (Å²) in [7, 11) is 1.44. The first-order valence-electron chi connectivity index (χ1n) is 6.28. The molecule has 1 aliphatic rings. The molecular formula is C13H25NO2S. The minimum atomic E-state index is -0.111. The second-order valence-corrected chi connectivity index (χ2v) is 6.98. The van der Waals surface area contributed by atoms with Gasteiger partial charge in [0.05, 0.1) is 7.11 Å². The minimum absolute atomic E-state index is 0.108. The molecule has 2 N–H and O–H groups in total. The van der Waals surface area contributed by atoms with Gasteiger partial charge < -0.3 is 10.5 Å². The predicted octanol–water partition coefficient (Wildman–Crippen LogP) is 2.58. The van der Waals surface area contributed by atoms with E-state index in [0.717, 1.165) is 25.0 Å². The summed E-state index contributed by atoms with van der Waals surface area (Å²) < 4.78 is 4.63. The number of carbonyl (C=O) groups is 1. The third-order valence-electron chi connectivity index (χ3n) is 4.10. The van der Waals surface area contributed by atoms with Crippen molar-refractivity contribution in [3.8, 4) is 0 Å². The van der Waals surface area contributed by atoms with Gasteiger partial charge in [-0.15, -0.1) is 0 Å². The molecule has 1 fully saturated rings. The number of thioether (sulfide) groups is 1. The first-order valence-corrected chi connectivity index (χ1v) is 7.33. The van der Waals surface area contributed by atoms with Crippen molar-refractivity contribution in [2.24, 2.45) is 11.1 Å². The summed E-state index contributed by atoms with van der Waals surface area (Å²) in [5, 5.41) is 0.509. The molecule has 0 radical (unpaired) electrons. The molecule has 0 saturated carbocycles. The van der Waals surface area contributed by atoms with E-state index in [9.17, 15) is 4.79 Å². The Morgan fingerprint density at radius 1 is 1.41 bits per heavy atom. The molecule has 1 rings (SSSR count). The number of hydrogen-bond donors (Lipinski definition) is 1. The lowest BCUT2D eigenvalue weighted by Crippen LogP contribution is -2.53. The van der Waals surface area contributed by atoms with Gasteiger partial charge in [0.15, 0.2) is 0 Å². The second-order valence-electron chi connectivity index (χ2n) is 5.79. The zero-order valence-electron chi connectivity index (χ0n) is 11.4. The van der Waals surface area contributed by atoms with Gasteiger partial charge in [-0.3, -0.25) is 4.79 Å². The molecule has 1 heterocycles. The summed E-state index contributed by atoms with van der Waals surface area (Å²) in [4.78, 5) is 11.0. The monoisotopic (exact) mass is 259 g/mol. The van der Waals surface area contributed by atoms with Crippen LogP contribution in [0, 0.1) is 5.41 Å². The van der Waals surface area contributed by atoms with Gasteiger partial charge in [-0.25, -0.2) is 0 Å². The second kappa shape index (κ2) is 5.61. The van der Waals surface area contributed by atoms with Crippen molar-refractivity contribution >= 4 is 17.7 Å². The number of unbranched alkanes of at least 4 members (excludes halogenated alkanes) is 1. The molecule has 0 spiro atoms.